The second kappa shape index (κ2) is 18.6. The monoisotopic (exact) mass is 360 g/mol. The number of hydrogen-bond donors (Lipinski definition) is 1. The summed E-state index contributed by atoms with van der Waals surface area (Å²) in [6, 6.07) is 8.13. The third-order valence-corrected chi connectivity index (χ3v) is 4.36. The number of aliphatic hydroxyl groups is 1. The van der Waals surface area contributed by atoms with Crippen LogP contribution in [0.1, 0.15) is 44.6 Å². The lowest BCUT2D eigenvalue weighted by molar-refractivity contribution is 0.180. The fraction of sp³-hybridized carbons (Fsp3) is 0.625. The highest BCUT2D eigenvalue weighted by atomic mass is 16.5. The fourth-order valence-corrected chi connectivity index (χ4v) is 2.67. The van der Waals surface area contributed by atoms with E-state index in [1.807, 2.05) is 68.7 Å². The van der Waals surface area contributed by atoms with Gasteiger partial charge in [0.15, 0.2) is 0 Å². The van der Waals surface area contributed by atoms with Crippen LogP contribution >= 0.6 is 0 Å². The highest BCUT2D eigenvalue weighted by Crippen LogP contribution is 2.11. The molecular weight excluding hydrogens is 332 g/mol. The Bertz CT molecular complexity index is 465. The van der Waals surface area contributed by atoms with Crippen molar-refractivity contribution in [2.75, 3.05) is 7.11 Å². The van der Waals surface area contributed by atoms with Gasteiger partial charge < -0.3 is 9.84 Å². The molecule has 0 bridgehead atoms. The molecule has 0 spiro atoms. The SMILES string of the molecule is CCCCCCC(O)C[B][B][B][B][B][B][B][B][B][B]Cc1ccc(OC)cc1. The first-order valence-electron chi connectivity index (χ1n) is 10.4. The fourth-order valence-electron chi connectivity index (χ4n) is 2.67. The summed E-state index contributed by atoms with van der Waals surface area (Å²) in [5, 5.41) is 9.88. The lowest BCUT2D eigenvalue weighted by Gasteiger charge is -2.09. The maximum Gasteiger partial charge on any atom is 0.118 e. The van der Waals surface area contributed by atoms with Crippen LogP contribution in [0.3, 0.4) is 0 Å². The molecule has 10 radical (unpaired) electrons. The molecule has 1 rings (SSSR count). The molecule has 12 heteroatoms. The molecule has 0 saturated heterocycles. The van der Waals surface area contributed by atoms with Gasteiger partial charge in [-0.2, -0.15) is 0 Å². The van der Waals surface area contributed by atoms with E-state index in [4.69, 9.17) is 4.74 Å². The maximum atomic E-state index is 9.88. The Morgan fingerprint density at radius 3 is 2.04 bits per heavy atom. The molecule has 0 aliphatic rings. The third kappa shape index (κ3) is 14.6. The molecule has 0 aromatic heterocycles. The van der Waals surface area contributed by atoms with E-state index in [2.05, 4.69) is 33.3 Å². The number of methoxy groups -OCH3 is 1. The highest BCUT2D eigenvalue weighted by molar-refractivity contribution is 7.69. The van der Waals surface area contributed by atoms with Gasteiger partial charge in [0.2, 0.25) is 0 Å². The van der Waals surface area contributed by atoms with Crippen molar-refractivity contribution >= 4 is 70.8 Å². The van der Waals surface area contributed by atoms with Gasteiger partial charge in [0.05, 0.1) is 21.5 Å². The van der Waals surface area contributed by atoms with E-state index in [9.17, 15) is 5.11 Å². The second-order valence-corrected chi connectivity index (χ2v) is 6.80. The van der Waals surface area contributed by atoms with Crippen LogP contribution in [-0.2, 0) is 6.32 Å². The molecule has 2 nitrogen and oxygen atoms in total. The molecule has 0 fully saturated rings. The normalized spacial score (nSPS) is 10.8. The maximum absolute atomic E-state index is 9.88. The van der Waals surface area contributed by atoms with Gasteiger partial charge in [-0.3, -0.25) is 0 Å². The summed E-state index contributed by atoms with van der Waals surface area (Å²) >= 11 is 0. The van der Waals surface area contributed by atoms with Gasteiger partial charge in [0.25, 0.3) is 0 Å². The van der Waals surface area contributed by atoms with Crippen LogP contribution in [0.25, 0.3) is 0 Å². The molecule has 0 aliphatic heterocycles. The predicted octanol–water partition coefficient (Wildman–Crippen LogP) is 0.222. The van der Waals surface area contributed by atoms with Gasteiger partial charge in [0.1, 0.15) is 5.75 Å². The van der Waals surface area contributed by atoms with Crippen molar-refractivity contribution in [3.8, 4) is 5.75 Å². The largest absolute Gasteiger partial charge is 0.497 e. The van der Waals surface area contributed by atoms with E-state index in [-0.39, 0.29) is 6.10 Å². The van der Waals surface area contributed by atoms with Gasteiger partial charge in [-0.05, 0) is 18.6 Å². The standard InChI is InChI=1S/C16H26B10O2/c1-3-4-5-6-7-15(27)13-18-20-22-24-26-25-23-21-19-17-12-14-8-10-16(28-2)11-9-14/h8-11,15,27H,3-7,12-13H2,1-2H3. The summed E-state index contributed by atoms with van der Waals surface area (Å²) < 4.78 is 5.15. The Hall–Kier alpha value is -0.371. The number of rotatable bonds is 19. The molecule has 1 unspecified atom stereocenters. The van der Waals surface area contributed by atoms with Crippen LogP contribution in [0.4, 0.5) is 0 Å². The van der Waals surface area contributed by atoms with Crippen molar-refractivity contribution in [1.29, 1.82) is 0 Å². The Morgan fingerprint density at radius 2 is 1.43 bits per heavy atom. The number of hydrogen-bond acceptors (Lipinski definition) is 2. The first kappa shape index (κ1) is 25.7. The molecule has 0 amide bonds. The van der Waals surface area contributed by atoms with Crippen molar-refractivity contribution in [3.63, 3.8) is 0 Å². The minimum absolute atomic E-state index is 0.204. The number of aliphatic hydroxyl groups excluding tert-OH is 1. The Balaban J connectivity index is 1.80. The Morgan fingerprint density at radius 1 is 0.821 bits per heavy atom. The Labute approximate surface area is 181 Å². The van der Waals surface area contributed by atoms with E-state index in [0.717, 1.165) is 31.2 Å². The van der Waals surface area contributed by atoms with E-state index in [1.54, 1.807) is 7.11 Å². The predicted molar refractivity (Wildman–Crippen MR) is 134 cm³/mol. The summed E-state index contributed by atoms with van der Waals surface area (Å²) in [5.41, 5.74) is 1.27. The molecule has 1 N–H and O–H groups in total. The summed E-state index contributed by atoms with van der Waals surface area (Å²) in [7, 11) is 21.9. The third-order valence-electron chi connectivity index (χ3n) is 4.36. The Kier molecular flexibility index (Phi) is 17.1. The summed E-state index contributed by atoms with van der Waals surface area (Å²) in [5.74, 6) is 0.888. The minimum Gasteiger partial charge on any atom is -0.497 e. The highest BCUT2D eigenvalue weighted by Gasteiger charge is 2.05. The van der Waals surface area contributed by atoms with Crippen LogP contribution in [-0.4, -0.2) is 89.1 Å². The van der Waals surface area contributed by atoms with E-state index < -0.39 is 0 Å². The molecule has 0 saturated carbocycles. The molecule has 28 heavy (non-hydrogen) atoms. The van der Waals surface area contributed by atoms with Crippen molar-refractivity contribution in [2.45, 2.75) is 57.8 Å². The van der Waals surface area contributed by atoms with Gasteiger partial charge >= 0.3 is 0 Å². The zero-order chi connectivity index (χ0) is 20.3. The van der Waals surface area contributed by atoms with Crippen LogP contribution in [0.5, 0.6) is 5.75 Å². The first-order chi connectivity index (χ1) is 13.8. The molecule has 0 heterocycles. The molecular formula is C16H26B10O2. The number of ether oxygens (including phenoxy) is 1. The van der Waals surface area contributed by atoms with Crippen LogP contribution in [0.2, 0.25) is 6.32 Å². The van der Waals surface area contributed by atoms with Crippen LogP contribution < -0.4 is 4.74 Å². The van der Waals surface area contributed by atoms with Gasteiger partial charge in [-0.25, -0.2) is 0 Å². The van der Waals surface area contributed by atoms with Gasteiger partial charge in [-0.1, -0.05) is 62.9 Å². The second-order valence-electron chi connectivity index (χ2n) is 6.80. The van der Waals surface area contributed by atoms with Crippen molar-refractivity contribution in [2.24, 2.45) is 0 Å². The van der Waals surface area contributed by atoms with Crippen LogP contribution in [0, 0.1) is 0 Å². The van der Waals surface area contributed by atoms with E-state index in [1.165, 1.54) is 24.8 Å². The molecule has 1 aromatic rings. The summed E-state index contributed by atoms with van der Waals surface area (Å²) in [6.45, 7) is 2.20. The topological polar surface area (TPSA) is 29.5 Å². The van der Waals surface area contributed by atoms with Gasteiger partial charge in [0, 0.05) is 62.6 Å². The first-order valence-corrected chi connectivity index (χ1v) is 10.4. The lowest BCUT2D eigenvalue weighted by atomic mass is 8.88. The van der Waals surface area contributed by atoms with Crippen molar-refractivity contribution in [1.82, 2.24) is 0 Å². The van der Waals surface area contributed by atoms with E-state index >= 15 is 0 Å². The average molecular weight is 359 g/mol. The quantitative estimate of drug-likeness (QED) is 0.283. The van der Waals surface area contributed by atoms with E-state index in [0.29, 0.717) is 0 Å². The number of benzene rings is 1. The average Bonchev–Trinajstić information content (AvgIpc) is 2.72. The van der Waals surface area contributed by atoms with Crippen molar-refractivity contribution < 1.29 is 9.84 Å². The van der Waals surface area contributed by atoms with Crippen molar-refractivity contribution in [3.05, 3.63) is 29.8 Å². The van der Waals surface area contributed by atoms with Crippen LogP contribution in [0.15, 0.2) is 24.3 Å². The smallest absolute Gasteiger partial charge is 0.118 e. The number of unbranched alkanes of at least 4 members (excludes halogenated alkanes) is 3. The zero-order valence-corrected chi connectivity index (χ0v) is 17.5. The molecule has 1 aromatic carbocycles. The summed E-state index contributed by atoms with van der Waals surface area (Å²) in [4.78, 5) is 0. The lowest BCUT2D eigenvalue weighted by Crippen LogP contribution is -2.33. The molecule has 132 valence electrons. The minimum atomic E-state index is -0.204. The molecule has 1 atom stereocenters. The summed E-state index contributed by atoms with van der Waals surface area (Å²) in [6.07, 6.45) is 7.21. The van der Waals surface area contributed by atoms with Gasteiger partial charge in [-0.15, -0.1) is 0 Å². The molecule has 0 aliphatic carbocycles. The zero-order valence-electron chi connectivity index (χ0n) is 17.5.